The number of carbonyl (C=O) groups excluding carboxylic acids is 2. The van der Waals surface area contributed by atoms with Gasteiger partial charge in [-0.2, -0.15) is 0 Å². The third-order valence-electron chi connectivity index (χ3n) is 5.03. The van der Waals surface area contributed by atoms with E-state index in [2.05, 4.69) is 5.32 Å². The highest BCUT2D eigenvalue weighted by molar-refractivity contribution is 6.32. The van der Waals surface area contributed by atoms with E-state index in [1.807, 2.05) is 24.3 Å². The zero-order valence-corrected chi connectivity index (χ0v) is 17.4. The van der Waals surface area contributed by atoms with Crippen LogP contribution in [0.3, 0.4) is 0 Å². The van der Waals surface area contributed by atoms with Crippen molar-refractivity contribution in [2.24, 2.45) is 0 Å². The summed E-state index contributed by atoms with van der Waals surface area (Å²) in [5, 5.41) is 2.92. The summed E-state index contributed by atoms with van der Waals surface area (Å²) >= 11 is 5.89. The molecule has 0 radical (unpaired) electrons. The second-order valence-corrected chi connectivity index (χ2v) is 7.54. The summed E-state index contributed by atoms with van der Waals surface area (Å²) in [6.07, 6.45) is 0.945. The molecule has 0 spiro atoms. The molecule has 0 fully saturated rings. The molecule has 5 nitrogen and oxygen atoms in total. The van der Waals surface area contributed by atoms with Crippen molar-refractivity contribution in [1.82, 2.24) is 0 Å². The molecule has 1 aliphatic heterocycles. The Kier molecular flexibility index (Phi) is 6.18. The van der Waals surface area contributed by atoms with Crippen LogP contribution in [0.4, 0.5) is 15.8 Å². The molecule has 2 amide bonds. The molecule has 1 N–H and O–H groups in total. The maximum absolute atomic E-state index is 13.0. The van der Waals surface area contributed by atoms with Crippen LogP contribution in [0.15, 0.2) is 66.7 Å². The van der Waals surface area contributed by atoms with Crippen LogP contribution in [0.1, 0.15) is 22.3 Å². The number of halogens is 2. The molecule has 0 saturated carbocycles. The third kappa shape index (κ3) is 4.86. The first-order chi connectivity index (χ1) is 15.0. The molecule has 1 aliphatic rings. The van der Waals surface area contributed by atoms with Gasteiger partial charge in [-0.1, -0.05) is 29.8 Å². The summed E-state index contributed by atoms with van der Waals surface area (Å²) < 4.78 is 18.5. The third-order valence-corrected chi connectivity index (χ3v) is 5.32. The van der Waals surface area contributed by atoms with Crippen LogP contribution in [0, 0.1) is 5.82 Å². The van der Waals surface area contributed by atoms with Gasteiger partial charge in [-0.05, 0) is 60.5 Å². The van der Waals surface area contributed by atoms with Crippen molar-refractivity contribution in [2.45, 2.75) is 12.8 Å². The fraction of sp³-hybridized carbons (Fsp3) is 0.167. The molecule has 158 valence electrons. The van der Waals surface area contributed by atoms with Crippen molar-refractivity contribution in [3.05, 3.63) is 88.7 Å². The van der Waals surface area contributed by atoms with Crippen molar-refractivity contribution in [2.75, 3.05) is 23.4 Å². The largest absolute Gasteiger partial charge is 0.491 e. The standard InChI is InChI=1S/C24H20ClFN2O3/c25-20-15-18(26)7-10-22(20)31-14-12-23(29)27-19-8-5-17(6-9-19)24(30)28-13-11-16-3-1-2-4-21(16)28/h1-10,15H,11-14H2,(H,27,29). The van der Waals surface area contributed by atoms with Crippen molar-refractivity contribution < 1.29 is 18.7 Å². The highest BCUT2D eigenvalue weighted by Gasteiger charge is 2.25. The fourth-order valence-electron chi connectivity index (χ4n) is 3.47. The van der Waals surface area contributed by atoms with E-state index in [1.54, 1.807) is 29.2 Å². The minimum Gasteiger partial charge on any atom is -0.491 e. The van der Waals surface area contributed by atoms with Crippen LogP contribution < -0.4 is 15.0 Å². The van der Waals surface area contributed by atoms with Crippen LogP contribution in [0.2, 0.25) is 5.02 Å². The first-order valence-electron chi connectivity index (χ1n) is 9.89. The SMILES string of the molecule is O=C(CCOc1ccc(F)cc1Cl)Nc1ccc(C(=O)N2CCc3ccccc32)cc1. The van der Waals surface area contributed by atoms with E-state index in [0.29, 0.717) is 23.5 Å². The number of amides is 2. The number of ether oxygens (including phenoxy) is 1. The van der Waals surface area contributed by atoms with Crippen LogP contribution in [-0.4, -0.2) is 25.0 Å². The zero-order chi connectivity index (χ0) is 21.8. The molecule has 3 aromatic rings. The summed E-state index contributed by atoms with van der Waals surface area (Å²) in [5.74, 6) is -0.439. The summed E-state index contributed by atoms with van der Waals surface area (Å²) in [4.78, 5) is 26.8. The van der Waals surface area contributed by atoms with Crippen LogP contribution in [-0.2, 0) is 11.2 Å². The number of benzene rings is 3. The molecular weight excluding hydrogens is 419 g/mol. The Morgan fingerprint density at radius 1 is 1.06 bits per heavy atom. The average molecular weight is 439 g/mol. The van der Waals surface area contributed by atoms with Crippen molar-refractivity contribution in [3.8, 4) is 5.75 Å². The van der Waals surface area contributed by atoms with E-state index in [0.717, 1.165) is 18.2 Å². The summed E-state index contributed by atoms with van der Waals surface area (Å²) in [6.45, 7) is 0.761. The second-order valence-electron chi connectivity index (χ2n) is 7.13. The van der Waals surface area contributed by atoms with Crippen molar-refractivity contribution in [3.63, 3.8) is 0 Å². The molecule has 4 rings (SSSR count). The Morgan fingerprint density at radius 2 is 1.84 bits per heavy atom. The summed E-state index contributed by atoms with van der Waals surface area (Å²) in [5.41, 5.74) is 3.27. The van der Waals surface area contributed by atoms with Gasteiger partial charge in [-0.15, -0.1) is 0 Å². The number of fused-ring (bicyclic) bond motifs is 1. The second kappa shape index (κ2) is 9.18. The maximum Gasteiger partial charge on any atom is 0.258 e. The lowest BCUT2D eigenvalue weighted by molar-refractivity contribution is -0.116. The monoisotopic (exact) mass is 438 g/mol. The molecule has 0 bridgehead atoms. The maximum atomic E-state index is 13.0. The Morgan fingerprint density at radius 3 is 2.61 bits per heavy atom. The molecule has 0 unspecified atom stereocenters. The molecule has 0 aliphatic carbocycles. The fourth-order valence-corrected chi connectivity index (χ4v) is 3.69. The van der Waals surface area contributed by atoms with E-state index < -0.39 is 5.82 Å². The number of nitrogens with zero attached hydrogens (tertiary/aromatic N) is 1. The van der Waals surface area contributed by atoms with Gasteiger partial charge >= 0.3 is 0 Å². The molecule has 0 atom stereocenters. The van der Waals surface area contributed by atoms with Crippen molar-refractivity contribution in [1.29, 1.82) is 0 Å². The Bertz CT molecular complexity index is 1120. The first-order valence-corrected chi connectivity index (χ1v) is 10.3. The van der Waals surface area contributed by atoms with Crippen LogP contribution in [0.5, 0.6) is 5.75 Å². The molecule has 0 saturated heterocycles. The van der Waals surface area contributed by atoms with E-state index in [9.17, 15) is 14.0 Å². The number of carbonyl (C=O) groups is 2. The lowest BCUT2D eigenvalue weighted by Gasteiger charge is -2.17. The van der Waals surface area contributed by atoms with Gasteiger partial charge in [0.2, 0.25) is 5.91 Å². The Labute approximate surface area is 184 Å². The minimum absolute atomic E-state index is 0.0626. The molecule has 31 heavy (non-hydrogen) atoms. The van der Waals surface area contributed by atoms with Gasteiger partial charge in [0.1, 0.15) is 11.6 Å². The van der Waals surface area contributed by atoms with Gasteiger partial charge in [0.15, 0.2) is 0 Å². The van der Waals surface area contributed by atoms with Gasteiger partial charge < -0.3 is 15.0 Å². The normalized spacial score (nSPS) is 12.4. The first kappa shape index (κ1) is 20.9. The van der Waals surface area contributed by atoms with E-state index >= 15 is 0 Å². The summed E-state index contributed by atoms with van der Waals surface area (Å²) in [7, 11) is 0. The highest BCUT2D eigenvalue weighted by atomic mass is 35.5. The number of nitrogens with one attached hydrogen (secondary N) is 1. The van der Waals surface area contributed by atoms with E-state index in [4.69, 9.17) is 16.3 Å². The van der Waals surface area contributed by atoms with Crippen LogP contribution >= 0.6 is 11.6 Å². The minimum atomic E-state index is -0.453. The number of rotatable bonds is 6. The Balaban J connectivity index is 1.30. The molecule has 0 aromatic heterocycles. The average Bonchev–Trinajstić information content (AvgIpc) is 3.19. The smallest absolute Gasteiger partial charge is 0.258 e. The van der Waals surface area contributed by atoms with Crippen LogP contribution in [0.25, 0.3) is 0 Å². The van der Waals surface area contributed by atoms with E-state index in [1.165, 1.54) is 17.7 Å². The van der Waals surface area contributed by atoms with Gasteiger partial charge in [-0.3, -0.25) is 9.59 Å². The zero-order valence-electron chi connectivity index (χ0n) is 16.6. The quantitative estimate of drug-likeness (QED) is 0.583. The predicted octanol–water partition coefficient (Wildman–Crippen LogP) is 5.09. The topological polar surface area (TPSA) is 58.6 Å². The lowest BCUT2D eigenvalue weighted by Crippen LogP contribution is -2.28. The highest BCUT2D eigenvalue weighted by Crippen LogP contribution is 2.29. The van der Waals surface area contributed by atoms with Gasteiger partial charge in [0, 0.05) is 23.5 Å². The summed E-state index contributed by atoms with van der Waals surface area (Å²) in [6, 6.07) is 18.5. The predicted molar refractivity (Wildman–Crippen MR) is 118 cm³/mol. The van der Waals surface area contributed by atoms with Crippen molar-refractivity contribution >= 4 is 34.8 Å². The Hall–Kier alpha value is -3.38. The van der Waals surface area contributed by atoms with Gasteiger partial charge in [0.05, 0.1) is 18.1 Å². The molecule has 3 aromatic carbocycles. The number of para-hydroxylation sites is 1. The van der Waals surface area contributed by atoms with Gasteiger partial charge in [-0.25, -0.2) is 4.39 Å². The number of hydrogen-bond acceptors (Lipinski definition) is 3. The molecule has 7 heteroatoms. The van der Waals surface area contributed by atoms with Gasteiger partial charge in [0.25, 0.3) is 5.91 Å². The lowest BCUT2D eigenvalue weighted by atomic mass is 10.1. The van der Waals surface area contributed by atoms with E-state index in [-0.39, 0.29) is 29.9 Å². The molecule has 1 heterocycles. The number of hydrogen-bond donors (Lipinski definition) is 1. The number of anilines is 2. The molecular formula is C24H20ClFN2O3.